The maximum Gasteiger partial charge on any atom is 0.0857 e. The number of ether oxygens (including phenoxy) is 1. The standard InChI is InChI=1S/C5H10O/c1-4-6-5(2)3/h2,4H2,1,3H3. The highest BCUT2D eigenvalue weighted by Gasteiger charge is 1.73. The summed E-state index contributed by atoms with van der Waals surface area (Å²) in [4.78, 5) is 0. The molecule has 0 fully saturated rings. The molecule has 0 aromatic rings. The van der Waals surface area contributed by atoms with Crippen molar-refractivity contribution in [2.24, 2.45) is 0 Å². The Morgan fingerprint density at radius 3 is 2.33 bits per heavy atom. The molecule has 1 heteroatoms. The van der Waals surface area contributed by atoms with E-state index in [1.165, 1.54) is 0 Å². The van der Waals surface area contributed by atoms with Gasteiger partial charge < -0.3 is 4.74 Å². The van der Waals surface area contributed by atoms with E-state index in [2.05, 4.69) is 6.58 Å². The molecule has 0 unspecified atom stereocenters. The molecule has 36 valence electrons. The maximum absolute atomic E-state index is 4.85. The van der Waals surface area contributed by atoms with Crippen molar-refractivity contribution in [3.8, 4) is 0 Å². The summed E-state index contributed by atoms with van der Waals surface area (Å²) in [5, 5.41) is 0. The van der Waals surface area contributed by atoms with Gasteiger partial charge in [0.25, 0.3) is 0 Å². The number of hydrogen-bond acceptors (Lipinski definition) is 1. The third kappa shape index (κ3) is 3.54. The van der Waals surface area contributed by atoms with Gasteiger partial charge in [-0.1, -0.05) is 6.58 Å². The van der Waals surface area contributed by atoms with Crippen molar-refractivity contribution in [1.29, 1.82) is 0 Å². The predicted molar refractivity (Wildman–Crippen MR) is 26.4 cm³/mol. The Labute approximate surface area is 38.6 Å². The molecular formula is C5H10O. The lowest BCUT2D eigenvalue weighted by Gasteiger charge is -1.95. The Morgan fingerprint density at radius 1 is 1.83 bits per heavy atom. The van der Waals surface area contributed by atoms with Crippen molar-refractivity contribution >= 4 is 0 Å². The molecule has 0 aliphatic heterocycles. The minimum absolute atomic E-state index is 0.731. The second-order valence-electron chi connectivity index (χ2n) is 1.14. The van der Waals surface area contributed by atoms with E-state index in [0.29, 0.717) is 0 Å². The lowest BCUT2D eigenvalue weighted by Crippen LogP contribution is -1.81. The zero-order valence-corrected chi connectivity index (χ0v) is 4.32. The quantitative estimate of drug-likeness (QED) is 0.463. The van der Waals surface area contributed by atoms with Crippen molar-refractivity contribution in [3.63, 3.8) is 0 Å². The van der Waals surface area contributed by atoms with Crippen molar-refractivity contribution in [1.82, 2.24) is 0 Å². The molecule has 0 aliphatic carbocycles. The van der Waals surface area contributed by atoms with E-state index in [9.17, 15) is 0 Å². The Kier molecular flexibility index (Phi) is 2.55. The first-order valence-corrected chi connectivity index (χ1v) is 2.05. The number of hydrogen-bond donors (Lipinski definition) is 0. The molecule has 0 atom stereocenters. The Bertz CT molecular complexity index is 47.9. The van der Waals surface area contributed by atoms with E-state index in [1.807, 2.05) is 13.8 Å². The highest BCUT2D eigenvalue weighted by molar-refractivity contribution is 4.72. The molecule has 0 radical (unpaired) electrons. The molecule has 0 saturated heterocycles. The highest BCUT2D eigenvalue weighted by Crippen LogP contribution is 1.85. The Morgan fingerprint density at radius 2 is 2.33 bits per heavy atom. The first-order valence-electron chi connectivity index (χ1n) is 2.05. The molecule has 0 heterocycles. The molecule has 0 amide bonds. The number of allylic oxidation sites excluding steroid dienone is 1. The molecule has 0 saturated carbocycles. The van der Waals surface area contributed by atoms with E-state index in [1.54, 1.807) is 0 Å². The smallest absolute Gasteiger partial charge is 0.0857 e. The summed E-state index contributed by atoms with van der Waals surface area (Å²) < 4.78 is 4.85. The third-order valence-corrected chi connectivity index (χ3v) is 0.391. The van der Waals surface area contributed by atoms with Crippen LogP contribution in [0.5, 0.6) is 0 Å². The van der Waals surface area contributed by atoms with E-state index in [0.717, 1.165) is 12.4 Å². The zero-order valence-electron chi connectivity index (χ0n) is 4.32. The van der Waals surface area contributed by atoms with Crippen LogP contribution in [-0.2, 0) is 4.74 Å². The summed E-state index contributed by atoms with van der Waals surface area (Å²) in [5.41, 5.74) is 0. The van der Waals surface area contributed by atoms with Crippen LogP contribution < -0.4 is 0 Å². The molecule has 0 rings (SSSR count). The lowest BCUT2D eigenvalue weighted by molar-refractivity contribution is 0.233. The van der Waals surface area contributed by atoms with Crippen LogP contribution in [0.4, 0.5) is 0 Å². The van der Waals surface area contributed by atoms with Crippen LogP contribution >= 0.6 is 0 Å². The van der Waals surface area contributed by atoms with Gasteiger partial charge in [0, 0.05) is 0 Å². The highest BCUT2D eigenvalue weighted by atomic mass is 16.5. The second-order valence-corrected chi connectivity index (χ2v) is 1.14. The van der Waals surface area contributed by atoms with Crippen LogP contribution in [0.25, 0.3) is 0 Å². The van der Waals surface area contributed by atoms with E-state index < -0.39 is 0 Å². The van der Waals surface area contributed by atoms with Gasteiger partial charge >= 0.3 is 0 Å². The van der Waals surface area contributed by atoms with E-state index in [4.69, 9.17) is 4.74 Å². The minimum atomic E-state index is 0.731. The van der Waals surface area contributed by atoms with Crippen molar-refractivity contribution in [2.45, 2.75) is 13.8 Å². The van der Waals surface area contributed by atoms with Crippen LogP contribution in [0, 0.1) is 0 Å². The zero-order chi connectivity index (χ0) is 4.99. The average molecular weight is 86.1 g/mol. The fraction of sp³-hybridized carbons (Fsp3) is 0.600. The fourth-order valence-electron chi connectivity index (χ4n) is 0.246. The van der Waals surface area contributed by atoms with Gasteiger partial charge in [-0.2, -0.15) is 0 Å². The van der Waals surface area contributed by atoms with Gasteiger partial charge in [-0.05, 0) is 13.8 Å². The average Bonchev–Trinajstić information content (AvgIpc) is 1.35. The van der Waals surface area contributed by atoms with Crippen molar-refractivity contribution in [3.05, 3.63) is 12.3 Å². The molecule has 0 N–H and O–H groups in total. The molecular weight excluding hydrogens is 76.1 g/mol. The van der Waals surface area contributed by atoms with Gasteiger partial charge in [0.1, 0.15) is 0 Å². The first kappa shape index (κ1) is 5.54. The predicted octanol–water partition coefficient (Wildman–Crippen LogP) is 1.56. The largest absolute Gasteiger partial charge is 0.499 e. The van der Waals surface area contributed by atoms with Crippen LogP contribution in [0.3, 0.4) is 0 Å². The molecule has 0 bridgehead atoms. The molecule has 0 aromatic carbocycles. The molecule has 1 nitrogen and oxygen atoms in total. The van der Waals surface area contributed by atoms with Crippen molar-refractivity contribution < 1.29 is 4.74 Å². The SMILES string of the molecule is C=C(C)OCC. The van der Waals surface area contributed by atoms with Crippen LogP contribution in [0.2, 0.25) is 0 Å². The summed E-state index contributed by atoms with van der Waals surface area (Å²) in [5.74, 6) is 0.789. The summed E-state index contributed by atoms with van der Waals surface area (Å²) in [6.45, 7) is 8.03. The minimum Gasteiger partial charge on any atom is -0.499 e. The molecule has 0 spiro atoms. The lowest BCUT2D eigenvalue weighted by atomic mass is 10.6. The normalized spacial score (nSPS) is 7.67. The molecule has 0 aliphatic rings. The Hall–Kier alpha value is -0.460. The van der Waals surface area contributed by atoms with Gasteiger partial charge in [-0.25, -0.2) is 0 Å². The third-order valence-electron chi connectivity index (χ3n) is 0.391. The van der Waals surface area contributed by atoms with Crippen LogP contribution in [0.15, 0.2) is 12.3 Å². The summed E-state index contributed by atoms with van der Waals surface area (Å²) in [6.07, 6.45) is 0. The fourth-order valence-corrected chi connectivity index (χ4v) is 0.246. The van der Waals surface area contributed by atoms with E-state index >= 15 is 0 Å². The van der Waals surface area contributed by atoms with Crippen LogP contribution in [0.1, 0.15) is 13.8 Å². The maximum atomic E-state index is 4.85. The molecule has 0 aromatic heterocycles. The van der Waals surface area contributed by atoms with Gasteiger partial charge in [0.15, 0.2) is 0 Å². The van der Waals surface area contributed by atoms with Crippen molar-refractivity contribution in [2.75, 3.05) is 6.61 Å². The topological polar surface area (TPSA) is 9.23 Å². The monoisotopic (exact) mass is 86.1 g/mol. The first-order chi connectivity index (χ1) is 2.77. The van der Waals surface area contributed by atoms with Gasteiger partial charge in [-0.3, -0.25) is 0 Å². The molecule has 6 heavy (non-hydrogen) atoms. The van der Waals surface area contributed by atoms with E-state index in [-0.39, 0.29) is 0 Å². The van der Waals surface area contributed by atoms with Gasteiger partial charge in [0.2, 0.25) is 0 Å². The summed E-state index contributed by atoms with van der Waals surface area (Å²) in [7, 11) is 0. The summed E-state index contributed by atoms with van der Waals surface area (Å²) in [6, 6.07) is 0. The van der Waals surface area contributed by atoms with Crippen LogP contribution in [-0.4, -0.2) is 6.61 Å². The Balaban J connectivity index is 2.83. The summed E-state index contributed by atoms with van der Waals surface area (Å²) >= 11 is 0. The number of rotatable bonds is 2. The van der Waals surface area contributed by atoms with Gasteiger partial charge in [-0.15, -0.1) is 0 Å². The van der Waals surface area contributed by atoms with Gasteiger partial charge in [0.05, 0.1) is 12.4 Å². The second kappa shape index (κ2) is 2.76.